The number of carboxylic acid groups (broad SMARTS) is 1. The predicted molar refractivity (Wildman–Crippen MR) is 47.7 cm³/mol. The molecule has 0 aliphatic carbocycles. The summed E-state index contributed by atoms with van der Waals surface area (Å²) in [5.74, 6) is -0.935. The zero-order valence-corrected chi connectivity index (χ0v) is 7.97. The van der Waals surface area contributed by atoms with Gasteiger partial charge in [0.05, 0.1) is 12.5 Å². The number of ether oxygens (including phenoxy) is 1. The Morgan fingerprint density at radius 2 is 2.21 bits per heavy atom. The zero-order chi connectivity index (χ0) is 10.7. The Labute approximate surface area is 81.6 Å². The van der Waals surface area contributed by atoms with Crippen molar-refractivity contribution in [3.8, 4) is 0 Å². The van der Waals surface area contributed by atoms with Gasteiger partial charge in [0.1, 0.15) is 0 Å². The quantitative estimate of drug-likeness (QED) is 0.588. The van der Waals surface area contributed by atoms with Crippen molar-refractivity contribution in [3.63, 3.8) is 0 Å². The Bertz CT molecular complexity index is 243. The summed E-state index contributed by atoms with van der Waals surface area (Å²) < 4.78 is 4.79. The van der Waals surface area contributed by atoms with E-state index in [9.17, 15) is 9.59 Å². The molecule has 2 unspecified atom stereocenters. The maximum Gasteiger partial charge on any atom is 0.407 e. The van der Waals surface area contributed by atoms with Crippen molar-refractivity contribution >= 4 is 12.1 Å². The fourth-order valence-electron chi connectivity index (χ4n) is 1.48. The van der Waals surface area contributed by atoms with Crippen LogP contribution in [0, 0.1) is 5.92 Å². The van der Waals surface area contributed by atoms with Gasteiger partial charge in [0.15, 0.2) is 0 Å². The van der Waals surface area contributed by atoms with Crippen LogP contribution in [0.25, 0.3) is 0 Å². The van der Waals surface area contributed by atoms with E-state index in [1.54, 1.807) is 6.92 Å². The zero-order valence-electron chi connectivity index (χ0n) is 7.97. The number of esters is 1. The highest BCUT2D eigenvalue weighted by molar-refractivity contribution is 5.76. The molecule has 1 saturated heterocycles. The van der Waals surface area contributed by atoms with Gasteiger partial charge in [-0.1, -0.05) is 0 Å². The SMILES string of the molecule is CCOC(=O)C1CN(C(=O)O)CC1N. The third-order valence-electron chi connectivity index (χ3n) is 2.22. The van der Waals surface area contributed by atoms with E-state index in [4.69, 9.17) is 15.6 Å². The Morgan fingerprint density at radius 3 is 2.64 bits per heavy atom. The van der Waals surface area contributed by atoms with E-state index in [0.29, 0.717) is 0 Å². The molecule has 0 radical (unpaired) electrons. The molecule has 1 heterocycles. The van der Waals surface area contributed by atoms with Crippen LogP contribution in [0.2, 0.25) is 0 Å². The lowest BCUT2D eigenvalue weighted by Gasteiger charge is -2.11. The Balaban J connectivity index is 2.56. The van der Waals surface area contributed by atoms with Gasteiger partial charge in [-0.05, 0) is 6.92 Å². The number of carbonyl (C=O) groups excluding carboxylic acids is 1. The van der Waals surface area contributed by atoms with Gasteiger partial charge in [0.25, 0.3) is 0 Å². The van der Waals surface area contributed by atoms with E-state index in [0.717, 1.165) is 4.90 Å². The number of nitrogens with zero attached hydrogens (tertiary/aromatic N) is 1. The molecule has 0 saturated carbocycles. The van der Waals surface area contributed by atoms with Crippen molar-refractivity contribution in [1.29, 1.82) is 0 Å². The molecule has 80 valence electrons. The van der Waals surface area contributed by atoms with Gasteiger partial charge in [-0.15, -0.1) is 0 Å². The largest absolute Gasteiger partial charge is 0.466 e. The van der Waals surface area contributed by atoms with Gasteiger partial charge >= 0.3 is 12.1 Å². The van der Waals surface area contributed by atoms with Crippen molar-refractivity contribution in [2.75, 3.05) is 19.7 Å². The van der Waals surface area contributed by atoms with E-state index in [1.807, 2.05) is 0 Å². The summed E-state index contributed by atoms with van der Waals surface area (Å²) in [6.45, 7) is 2.32. The average molecular weight is 202 g/mol. The van der Waals surface area contributed by atoms with Crippen LogP contribution >= 0.6 is 0 Å². The summed E-state index contributed by atoms with van der Waals surface area (Å²) in [5.41, 5.74) is 5.63. The van der Waals surface area contributed by atoms with Gasteiger partial charge < -0.3 is 20.5 Å². The minimum atomic E-state index is -1.05. The lowest BCUT2D eigenvalue weighted by Crippen LogP contribution is -2.35. The van der Waals surface area contributed by atoms with Crippen molar-refractivity contribution in [2.24, 2.45) is 11.7 Å². The molecule has 14 heavy (non-hydrogen) atoms. The summed E-state index contributed by atoms with van der Waals surface area (Å²) in [6.07, 6.45) is -1.05. The van der Waals surface area contributed by atoms with Crippen molar-refractivity contribution < 1.29 is 19.4 Å². The fourth-order valence-corrected chi connectivity index (χ4v) is 1.48. The molecule has 3 N–H and O–H groups in total. The van der Waals surface area contributed by atoms with E-state index < -0.39 is 24.0 Å². The van der Waals surface area contributed by atoms with E-state index in [1.165, 1.54) is 0 Å². The lowest BCUT2D eigenvalue weighted by atomic mass is 10.1. The Morgan fingerprint density at radius 1 is 1.57 bits per heavy atom. The van der Waals surface area contributed by atoms with Gasteiger partial charge in [-0.3, -0.25) is 4.79 Å². The van der Waals surface area contributed by atoms with Gasteiger partial charge in [-0.25, -0.2) is 4.79 Å². The van der Waals surface area contributed by atoms with Crippen LogP contribution in [0.1, 0.15) is 6.92 Å². The van der Waals surface area contributed by atoms with Gasteiger partial charge in [0.2, 0.25) is 0 Å². The molecule has 1 aliphatic heterocycles. The first-order valence-corrected chi connectivity index (χ1v) is 4.46. The first kappa shape index (κ1) is 10.8. The van der Waals surface area contributed by atoms with Crippen LogP contribution < -0.4 is 5.73 Å². The molecule has 0 aromatic rings. The van der Waals surface area contributed by atoms with Crippen LogP contribution in [-0.4, -0.2) is 47.8 Å². The second-order valence-electron chi connectivity index (χ2n) is 3.21. The summed E-state index contributed by atoms with van der Waals surface area (Å²) >= 11 is 0. The molecule has 0 aromatic heterocycles. The number of amides is 1. The summed E-state index contributed by atoms with van der Waals surface area (Å²) in [5, 5.41) is 8.68. The summed E-state index contributed by atoms with van der Waals surface area (Å²) in [7, 11) is 0. The lowest BCUT2D eigenvalue weighted by molar-refractivity contribution is -0.147. The minimum absolute atomic E-state index is 0.134. The molecule has 6 nitrogen and oxygen atoms in total. The molecular formula is C8H14N2O4. The molecule has 1 rings (SSSR count). The number of hydrogen-bond donors (Lipinski definition) is 2. The number of nitrogens with two attached hydrogens (primary N) is 1. The molecule has 1 fully saturated rings. The average Bonchev–Trinajstić information content (AvgIpc) is 2.48. The van der Waals surface area contributed by atoms with Crippen molar-refractivity contribution in [3.05, 3.63) is 0 Å². The monoisotopic (exact) mass is 202 g/mol. The number of rotatable bonds is 2. The molecule has 6 heteroatoms. The van der Waals surface area contributed by atoms with Crippen LogP contribution in [0.4, 0.5) is 4.79 Å². The normalized spacial score (nSPS) is 26.3. The molecular weight excluding hydrogens is 188 g/mol. The standard InChI is InChI=1S/C8H14N2O4/c1-2-14-7(11)5-3-10(8(12)13)4-6(5)9/h5-6H,2-4,9H2,1H3,(H,12,13). The van der Waals surface area contributed by atoms with E-state index in [-0.39, 0.29) is 19.7 Å². The van der Waals surface area contributed by atoms with Crippen LogP contribution in [-0.2, 0) is 9.53 Å². The van der Waals surface area contributed by atoms with Gasteiger partial charge in [-0.2, -0.15) is 0 Å². The summed E-state index contributed by atoms with van der Waals surface area (Å²) in [6, 6.07) is -0.454. The van der Waals surface area contributed by atoms with Crippen LogP contribution in [0.15, 0.2) is 0 Å². The first-order valence-electron chi connectivity index (χ1n) is 4.46. The third kappa shape index (κ3) is 2.14. The Kier molecular flexibility index (Phi) is 3.29. The van der Waals surface area contributed by atoms with Crippen LogP contribution in [0.3, 0.4) is 0 Å². The smallest absolute Gasteiger partial charge is 0.407 e. The second kappa shape index (κ2) is 4.28. The molecule has 2 atom stereocenters. The maximum absolute atomic E-state index is 11.3. The van der Waals surface area contributed by atoms with Crippen LogP contribution in [0.5, 0.6) is 0 Å². The molecule has 1 aliphatic rings. The number of hydrogen-bond acceptors (Lipinski definition) is 4. The second-order valence-corrected chi connectivity index (χ2v) is 3.21. The Hall–Kier alpha value is -1.30. The molecule has 0 bridgehead atoms. The molecule has 1 amide bonds. The molecule has 0 spiro atoms. The number of likely N-dealkylation sites (tertiary alicyclic amines) is 1. The van der Waals surface area contributed by atoms with Gasteiger partial charge in [0, 0.05) is 19.1 Å². The third-order valence-corrected chi connectivity index (χ3v) is 2.22. The van der Waals surface area contributed by atoms with E-state index in [2.05, 4.69) is 0 Å². The maximum atomic E-state index is 11.3. The van der Waals surface area contributed by atoms with Crippen molar-refractivity contribution in [1.82, 2.24) is 4.90 Å². The highest BCUT2D eigenvalue weighted by atomic mass is 16.5. The highest BCUT2D eigenvalue weighted by Crippen LogP contribution is 2.16. The predicted octanol–water partition coefficient (Wildman–Crippen LogP) is -0.513. The fraction of sp³-hybridized carbons (Fsp3) is 0.750. The minimum Gasteiger partial charge on any atom is -0.466 e. The summed E-state index contributed by atoms with van der Waals surface area (Å²) in [4.78, 5) is 23.0. The number of carbonyl (C=O) groups is 2. The highest BCUT2D eigenvalue weighted by Gasteiger charge is 2.38. The molecule has 0 aromatic carbocycles. The van der Waals surface area contributed by atoms with Crippen molar-refractivity contribution in [2.45, 2.75) is 13.0 Å². The van der Waals surface area contributed by atoms with E-state index >= 15 is 0 Å². The first-order chi connectivity index (χ1) is 6.56. The topological polar surface area (TPSA) is 92.9 Å².